The molecule has 0 spiro atoms. The Bertz CT molecular complexity index is 627. The lowest BCUT2D eigenvalue weighted by Crippen LogP contribution is -2.40. The number of unbranched alkanes of at least 4 members (excludes halogenated alkanes) is 3. The summed E-state index contributed by atoms with van der Waals surface area (Å²) in [6.07, 6.45) is 13.9. The standard InChI is InChI=1S/C24H37NO4/c1-3-4-8-16-24(17-10-18-24)21(26)14-12-20-13-15-22(27)25(20)19-9-6-5-7-11-23(28)29-2/h12,14,20-21,26H,3,5-7,9-11,13,15-19H2,1-2H3/b14-12+/t20-,21?/m0/s1. The highest BCUT2D eigenvalue weighted by Crippen LogP contribution is 2.47. The molecule has 1 saturated heterocycles. The van der Waals surface area contributed by atoms with E-state index in [4.69, 9.17) is 0 Å². The molecule has 1 N–H and O–H groups in total. The van der Waals surface area contributed by atoms with Crippen LogP contribution in [0.3, 0.4) is 0 Å². The Morgan fingerprint density at radius 2 is 2.07 bits per heavy atom. The Hall–Kier alpha value is -1.80. The summed E-state index contributed by atoms with van der Waals surface area (Å²) < 4.78 is 4.65. The smallest absolute Gasteiger partial charge is 0.305 e. The first-order valence-electron chi connectivity index (χ1n) is 11.2. The van der Waals surface area contributed by atoms with Crippen molar-refractivity contribution in [2.24, 2.45) is 5.41 Å². The third-order valence-corrected chi connectivity index (χ3v) is 6.37. The summed E-state index contributed by atoms with van der Waals surface area (Å²) in [6.45, 7) is 2.79. The van der Waals surface area contributed by atoms with Gasteiger partial charge in [-0.15, -0.1) is 11.8 Å². The van der Waals surface area contributed by atoms with E-state index < -0.39 is 6.10 Å². The largest absolute Gasteiger partial charge is 0.469 e. The number of ether oxygens (including phenoxy) is 1. The molecule has 2 atom stereocenters. The summed E-state index contributed by atoms with van der Waals surface area (Å²) in [5.41, 5.74) is -0.0915. The molecule has 5 nitrogen and oxygen atoms in total. The third kappa shape index (κ3) is 6.89. The highest BCUT2D eigenvalue weighted by Gasteiger charge is 2.42. The maximum atomic E-state index is 12.3. The van der Waals surface area contributed by atoms with Crippen molar-refractivity contribution in [3.8, 4) is 11.8 Å². The molecule has 2 fully saturated rings. The van der Waals surface area contributed by atoms with E-state index >= 15 is 0 Å². The van der Waals surface area contributed by atoms with Crippen LogP contribution in [0.25, 0.3) is 0 Å². The number of hydrogen-bond acceptors (Lipinski definition) is 4. The van der Waals surface area contributed by atoms with Crippen LogP contribution in [-0.4, -0.2) is 47.7 Å². The van der Waals surface area contributed by atoms with Gasteiger partial charge in [-0.2, -0.15) is 0 Å². The van der Waals surface area contributed by atoms with Gasteiger partial charge in [0.25, 0.3) is 0 Å². The van der Waals surface area contributed by atoms with Crippen LogP contribution in [0, 0.1) is 17.3 Å². The average Bonchev–Trinajstić information content (AvgIpc) is 3.04. The van der Waals surface area contributed by atoms with Crippen molar-refractivity contribution in [3.05, 3.63) is 12.2 Å². The van der Waals surface area contributed by atoms with Crippen molar-refractivity contribution in [1.82, 2.24) is 4.90 Å². The third-order valence-electron chi connectivity index (χ3n) is 6.37. The Morgan fingerprint density at radius 1 is 1.31 bits per heavy atom. The first kappa shape index (κ1) is 23.5. The maximum absolute atomic E-state index is 12.3. The van der Waals surface area contributed by atoms with Gasteiger partial charge in [0, 0.05) is 37.6 Å². The number of aliphatic hydroxyl groups excluding tert-OH is 1. The van der Waals surface area contributed by atoms with Gasteiger partial charge in [-0.3, -0.25) is 9.59 Å². The molecule has 1 saturated carbocycles. The van der Waals surface area contributed by atoms with E-state index in [9.17, 15) is 14.7 Å². The molecule has 162 valence electrons. The van der Waals surface area contributed by atoms with Crippen LogP contribution < -0.4 is 0 Å². The van der Waals surface area contributed by atoms with Gasteiger partial charge in [-0.05, 0) is 32.1 Å². The van der Waals surface area contributed by atoms with Crippen molar-refractivity contribution in [2.75, 3.05) is 13.7 Å². The number of aliphatic hydroxyl groups is 1. The van der Waals surface area contributed by atoms with Crippen molar-refractivity contribution < 1.29 is 19.4 Å². The normalized spacial score (nSPS) is 21.6. The molecular weight excluding hydrogens is 366 g/mol. The number of methoxy groups -OCH3 is 1. The van der Waals surface area contributed by atoms with Gasteiger partial charge in [0.1, 0.15) is 0 Å². The lowest BCUT2D eigenvalue weighted by Gasteiger charge is -2.43. The van der Waals surface area contributed by atoms with E-state index in [0.717, 1.165) is 70.8 Å². The minimum Gasteiger partial charge on any atom is -0.469 e. The minimum absolute atomic E-state index is 0.0890. The number of esters is 1. The summed E-state index contributed by atoms with van der Waals surface area (Å²) in [6, 6.07) is 0.0890. The fourth-order valence-electron chi connectivity index (χ4n) is 4.26. The van der Waals surface area contributed by atoms with Gasteiger partial charge in [0.05, 0.1) is 19.3 Å². The zero-order valence-corrected chi connectivity index (χ0v) is 18.1. The minimum atomic E-state index is -0.488. The summed E-state index contributed by atoms with van der Waals surface area (Å²) in [4.78, 5) is 25.3. The Morgan fingerprint density at radius 3 is 2.72 bits per heavy atom. The lowest BCUT2D eigenvalue weighted by molar-refractivity contribution is -0.140. The van der Waals surface area contributed by atoms with Gasteiger partial charge in [0.15, 0.2) is 0 Å². The van der Waals surface area contributed by atoms with Crippen LogP contribution in [0.15, 0.2) is 12.2 Å². The first-order valence-corrected chi connectivity index (χ1v) is 11.2. The number of amides is 1. The second kappa shape index (κ2) is 12.0. The van der Waals surface area contributed by atoms with Crippen molar-refractivity contribution in [2.45, 2.75) is 96.1 Å². The van der Waals surface area contributed by atoms with Crippen LogP contribution in [0.5, 0.6) is 0 Å². The number of carbonyl (C=O) groups is 2. The van der Waals surface area contributed by atoms with E-state index in [1.54, 1.807) is 0 Å². The quantitative estimate of drug-likeness (QED) is 0.245. The van der Waals surface area contributed by atoms with Crippen LogP contribution in [0.1, 0.15) is 84.0 Å². The molecule has 1 amide bonds. The fourth-order valence-corrected chi connectivity index (χ4v) is 4.26. The van der Waals surface area contributed by atoms with Gasteiger partial charge in [-0.1, -0.05) is 38.3 Å². The van der Waals surface area contributed by atoms with Crippen molar-refractivity contribution in [1.29, 1.82) is 0 Å². The molecule has 0 bridgehead atoms. The summed E-state index contributed by atoms with van der Waals surface area (Å²) in [5.74, 6) is 6.39. The number of likely N-dealkylation sites (tertiary alicyclic amines) is 1. The topological polar surface area (TPSA) is 66.8 Å². The van der Waals surface area contributed by atoms with Crippen LogP contribution >= 0.6 is 0 Å². The van der Waals surface area contributed by atoms with Crippen molar-refractivity contribution >= 4 is 11.9 Å². The predicted octanol–water partition coefficient (Wildman–Crippen LogP) is 3.99. The highest BCUT2D eigenvalue weighted by atomic mass is 16.5. The Labute approximate surface area is 175 Å². The zero-order chi connectivity index (χ0) is 21.1. The molecule has 0 aromatic carbocycles. The predicted molar refractivity (Wildman–Crippen MR) is 114 cm³/mol. The van der Waals surface area contributed by atoms with Crippen LogP contribution in [0.2, 0.25) is 0 Å². The van der Waals surface area contributed by atoms with Crippen LogP contribution in [-0.2, 0) is 14.3 Å². The van der Waals surface area contributed by atoms with E-state index in [0.29, 0.717) is 12.8 Å². The summed E-state index contributed by atoms with van der Waals surface area (Å²) in [7, 11) is 1.41. The summed E-state index contributed by atoms with van der Waals surface area (Å²) >= 11 is 0. The van der Waals surface area contributed by atoms with Gasteiger partial charge in [-0.25, -0.2) is 0 Å². The monoisotopic (exact) mass is 403 g/mol. The van der Waals surface area contributed by atoms with Gasteiger partial charge >= 0.3 is 5.97 Å². The molecule has 0 aromatic heterocycles. The lowest BCUT2D eigenvalue weighted by atomic mass is 9.63. The number of hydrogen-bond donors (Lipinski definition) is 1. The SMILES string of the molecule is CCC#CCC1(C(O)/C=C/[C@H]2CCC(=O)N2CCCCCCC(=O)OC)CCC1. The van der Waals surface area contributed by atoms with E-state index in [1.807, 2.05) is 24.0 Å². The highest BCUT2D eigenvalue weighted by molar-refractivity contribution is 5.79. The van der Waals surface area contributed by atoms with Crippen LogP contribution in [0.4, 0.5) is 0 Å². The van der Waals surface area contributed by atoms with E-state index in [1.165, 1.54) is 7.11 Å². The molecular formula is C24H37NO4. The van der Waals surface area contributed by atoms with Crippen molar-refractivity contribution in [3.63, 3.8) is 0 Å². The number of rotatable bonds is 11. The molecule has 29 heavy (non-hydrogen) atoms. The molecule has 1 unspecified atom stereocenters. The molecule has 1 aliphatic heterocycles. The Balaban J connectivity index is 1.79. The molecule has 0 aromatic rings. The molecule has 5 heteroatoms. The second-order valence-corrected chi connectivity index (χ2v) is 8.36. The van der Waals surface area contributed by atoms with Gasteiger partial charge < -0.3 is 14.7 Å². The molecule has 1 aliphatic carbocycles. The number of carbonyl (C=O) groups excluding carboxylic acids is 2. The maximum Gasteiger partial charge on any atom is 0.305 e. The van der Waals surface area contributed by atoms with E-state index in [-0.39, 0.29) is 23.3 Å². The van der Waals surface area contributed by atoms with E-state index in [2.05, 4.69) is 16.6 Å². The second-order valence-electron chi connectivity index (χ2n) is 8.36. The fraction of sp³-hybridized carbons (Fsp3) is 0.750. The molecule has 2 rings (SSSR count). The summed E-state index contributed by atoms with van der Waals surface area (Å²) in [5, 5.41) is 10.8. The molecule has 2 aliphatic rings. The zero-order valence-electron chi connectivity index (χ0n) is 18.1. The van der Waals surface area contributed by atoms with Gasteiger partial charge in [0.2, 0.25) is 5.91 Å². The molecule has 0 radical (unpaired) electrons. The molecule has 1 heterocycles. The Kier molecular flexibility index (Phi) is 9.73. The first-order chi connectivity index (χ1) is 14.0. The average molecular weight is 404 g/mol. The number of nitrogens with zero attached hydrogens (tertiary/aromatic N) is 1.